The van der Waals surface area contributed by atoms with Crippen molar-refractivity contribution in [3.8, 4) is 0 Å². The van der Waals surface area contributed by atoms with Gasteiger partial charge in [-0.3, -0.25) is 4.79 Å². The van der Waals surface area contributed by atoms with Gasteiger partial charge in [0.25, 0.3) is 0 Å². The summed E-state index contributed by atoms with van der Waals surface area (Å²) in [5.41, 5.74) is -3.60. The minimum atomic E-state index is -1.70. The highest BCUT2D eigenvalue weighted by molar-refractivity contribution is 5.89. The first kappa shape index (κ1) is 63.3. The summed E-state index contributed by atoms with van der Waals surface area (Å²) in [6.07, 6.45) is -15.1. The average molecular weight is 1180 g/mol. The number of rotatable bonds is 16. The second-order valence-electron chi connectivity index (χ2n) is 25.5. The van der Waals surface area contributed by atoms with Crippen LogP contribution in [-0.4, -0.2) is 226 Å². The van der Waals surface area contributed by atoms with Crippen LogP contribution in [-0.2, 0) is 66.4 Å². The first-order valence-electron chi connectivity index (χ1n) is 29.9. The molecule has 10 rings (SSSR count). The van der Waals surface area contributed by atoms with Crippen molar-refractivity contribution >= 4 is 11.8 Å². The van der Waals surface area contributed by atoms with Gasteiger partial charge in [-0.15, -0.1) is 0 Å². The van der Waals surface area contributed by atoms with Crippen LogP contribution in [0.4, 0.5) is 0 Å². The summed E-state index contributed by atoms with van der Waals surface area (Å²) in [6, 6.07) is 8.70. The Kier molecular flexibility index (Phi) is 19.1. The molecule has 0 radical (unpaired) electrons. The molecule has 8 N–H and O–H groups in total. The lowest BCUT2D eigenvalue weighted by molar-refractivity contribution is -0.357. The van der Waals surface area contributed by atoms with Gasteiger partial charge in [-0.25, -0.2) is 4.79 Å². The van der Waals surface area contributed by atoms with Crippen molar-refractivity contribution in [1.82, 2.24) is 0 Å². The molecule has 5 aliphatic heterocycles. The Labute approximate surface area is 485 Å². The molecule has 0 amide bonds. The molecular formula is C60H90O23. The van der Waals surface area contributed by atoms with Crippen molar-refractivity contribution in [2.45, 2.75) is 272 Å². The summed E-state index contributed by atoms with van der Waals surface area (Å²) in [5, 5.41) is 89.6. The zero-order valence-electron chi connectivity index (χ0n) is 49.1. The Morgan fingerprint density at radius 2 is 1.17 bits per heavy atom. The van der Waals surface area contributed by atoms with Gasteiger partial charge >= 0.3 is 5.97 Å². The summed E-state index contributed by atoms with van der Waals surface area (Å²) < 4.78 is 80.7. The summed E-state index contributed by atoms with van der Waals surface area (Å²) in [4.78, 5) is 27.0. The van der Waals surface area contributed by atoms with Gasteiger partial charge in [-0.1, -0.05) is 43.7 Å². The van der Waals surface area contributed by atoms with Gasteiger partial charge in [0.15, 0.2) is 31.5 Å². The van der Waals surface area contributed by atoms with Crippen molar-refractivity contribution in [3.05, 3.63) is 47.5 Å². The van der Waals surface area contributed by atoms with E-state index in [9.17, 15) is 50.4 Å². The van der Waals surface area contributed by atoms with Crippen molar-refractivity contribution in [2.24, 2.45) is 22.7 Å². The molecule has 1 aromatic rings. The van der Waals surface area contributed by atoms with Crippen molar-refractivity contribution in [1.29, 1.82) is 0 Å². The highest BCUT2D eigenvalue weighted by Crippen LogP contribution is 2.70. The fraction of sp³-hybridized carbons (Fsp3) is 0.833. The van der Waals surface area contributed by atoms with Crippen molar-refractivity contribution in [2.75, 3.05) is 20.8 Å². The van der Waals surface area contributed by atoms with Crippen LogP contribution in [0, 0.1) is 22.7 Å². The van der Waals surface area contributed by atoms with Gasteiger partial charge in [0.05, 0.1) is 67.1 Å². The standard InChI is InChI=1S/C60H90O23/c1-28(62)36-17-20-60(70)58(36,7)43(79-55(68)33-13-11-10-12-14-33)26-42-57(6)18-16-35(21-34(57)15-19-59(42,60)69)77-46-24-39(71-8)53(31(4)75-46)82-45-23-38(64)51(29(2)74-45)80-44-22-37(63)52(30(3)73-44)81-47-25-40(72-9)54(32(5)76-47)83-56-50(67)49(66)48(65)41(27-61)78-56/h10-15,29-32,35-54,56,61,63-67,69-70H,16-27H2,1-9H3. The molecule has 468 valence electrons. The largest absolute Gasteiger partial charge is 0.458 e. The molecule has 23 heteroatoms. The van der Waals surface area contributed by atoms with E-state index in [-0.39, 0.29) is 50.4 Å². The Hall–Kier alpha value is -2.70. The van der Waals surface area contributed by atoms with Gasteiger partial charge in [0, 0.05) is 57.2 Å². The molecule has 0 spiro atoms. The number of hydrogen-bond donors (Lipinski definition) is 8. The zero-order valence-corrected chi connectivity index (χ0v) is 49.1. The zero-order chi connectivity index (χ0) is 59.7. The molecule has 8 fully saturated rings. The Balaban J connectivity index is 0.704. The van der Waals surface area contributed by atoms with E-state index in [0.717, 1.165) is 5.57 Å². The third-order valence-electron chi connectivity index (χ3n) is 20.7. The second kappa shape index (κ2) is 25.1. The normalized spacial score (nSPS) is 50.1. The molecule has 29 atom stereocenters. The molecule has 9 aliphatic rings. The number of carbonyl (C=O) groups is 2. The molecule has 1 aromatic carbocycles. The fourth-order valence-electron chi connectivity index (χ4n) is 16.0. The molecular weight excluding hydrogens is 1090 g/mol. The van der Waals surface area contributed by atoms with Crippen LogP contribution in [0.2, 0.25) is 0 Å². The third kappa shape index (κ3) is 11.7. The van der Waals surface area contributed by atoms with Gasteiger partial charge in [0.1, 0.15) is 71.9 Å². The molecule has 5 heterocycles. The maximum Gasteiger partial charge on any atom is 0.338 e. The van der Waals surface area contributed by atoms with Gasteiger partial charge in [-0.05, 0) is 97.1 Å². The molecule has 3 saturated carbocycles. The average Bonchev–Trinajstić information content (AvgIpc) is 1.72. The van der Waals surface area contributed by atoms with E-state index in [2.05, 4.69) is 13.0 Å². The predicted molar refractivity (Wildman–Crippen MR) is 287 cm³/mol. The number of methoxy groups -OCH3 is 2. The highest BCUT2D eigenvalue weighted by Gasteiger charge is 2.77. The summed E-state index contributed by atoms with van der Waals surface area (Å²) >= 11 is 0. The van der Waals surface area contributed by atoms with E-state index >= 15 is 0 Å². The molecule has 0 aromatic heterocycles. The van der Waals surface area contributed by atoms with E-state index in [1.165, 1.54) is 14.0 Å². The van der Waals surface area contributed by atoms with Crippen molar-refractivity contribution in [3.63, 3.8) is 0 Å². The van der Waals surface area contributed by atoms with Crippen LogP contribution >= 0.6 is 0 Å². The number of carbonyl (C=O) groups excluding carboxylic acids is 2. The number of hydrogen-bond acceptors (Lipinski definition) is 23. The minimum absolute atomic E-state index is 0.00301. The van der Waals surface area contributed by atoms with E-state index in [1.54, 1.807) is 52.1 Å². The molecule has 4 aliphatic carbocycles. The van der Waals surface area contributed by atoms with Crippen LogP contribution in [0.1, 0.15) is 129 Å². The first-order valence-corrected chi connectivity index (χ1v) is 29.9. The summed E-state index contributed by atoms with van der Waals surface area (Å²) in [5.74, 6) is -1.72. The van der Waals surface area contributed by atoms with Crippen LogP contribution in [0.3, 0.4) is 0 Å². The molecule has 5 saturated heterocycles. The molecule has 29 unspecified atom stereocenters. The van der Waals surface area contributed by atoms with Crippen molar-refractivity contribution < 1.29 is 112 Å². The predicted octanol–water partition coefficient (Wildman–Crippen LogP) is 2.24. The maximum absolute atomic E-state index is 13.7. The van der Waals surface area contributed by atoms with Crippen LogP contribution in [0.5, 0.6) is 0 Å². The number of aliphatic hydroxyl groups is 8. The monoisotopic (exact) mass is 1180 g/mol. The Morgan fingerprint density at radius 1 is 0.639 bits per heavy atom. The molecule has 83 heavy (non-hydrogen) atoms. The topological polar surface area (TPSA) is 316 Å². The number of esters is 1. The number of Topliss-reactive ketones (excluding diaryl/α,β-unsaturated/α-hetero) is 1. The Bertz CT molecular complexity index is 2390. The van der Waals surface area contributed by atoms with Gasteiger partial charge in [0.2, 0.25) is 0 Å². The van der Waals surface area contributed by atoms with E-state index in [1.807, 2.05) is 19.9 Å². The number of fused-ring (bicyclic) bond motifs is 5. The fourth-order valence-corrected chi connectivity index (χ4v) is 16.0. The van der Waals surface area contributed by atoms with E-state index < -0.39 is 182 Å². The van der Waals surface area contributed by atoms with E-state index in [4.69, 9.17) is 61.6 Å². The maximum atomic E-state index is 13.7. The highest BCUT2D eigenvalue weighted by atomic mass is 16.8. The summed E-state index contributed by atoms with van der Waals surface area (Å²) in [7, 11) is 3.07. The number of ketones is 1. The molecule has 23 nitrogen and oxygen atoms in total. The van der Waals surface area contributed by atoms with Gasteiger partial charge < -0.3 is 102 Å². The Morgan fingerprint density at radius 3 is 1.71 bits per heavy atom. The SMILES string of the molecule is COC1CC(OC2CCC3(C)C(=CCC4(O)C3CC(OC(=O)c3ccccc3)C3(C)C(C(C)=O)CCC43O)C2)OC(C)C1OC1CC(O)C(OC2CC(O)C(OC3CC(OC)C(OC4OC(CO)C(O)C(O)C4O)C(C)O3)C(C)O2)C(C)O1. The second-order valence-corrected chi connectivity index (χ2v) is 25.5. The van der Waals surface area contributed by atoms with Crippen LogP contribution in [0.15, 0.2) is 42.0 Å². The lowest BCUT2D eigenvalue weighted by Crippen LogP contribution is -2.75. The quantitative estimate of drug-likeness (QED) is 0.0869. The van der Waals surface area contributed by atoms with Crippen LogP contribution in [0.25, 0.3) is 0 Å². The molecule has 0 bridgehead atoms. The van der Waals surface area contributed by atoms with Crippen LogP contribution < -0.4 is 0 Å². The lowest BCUT2D eigenvalue weighted by Gasteiger charge is -2.66. The third-order valence-corrected chi connectivity index (χ3v) is 20.7. The number of benzene rings is 1. The minimum Gasteiger partial charge on any atom is -0.458 e. The van der Waals surface area contributed by atoms with Gasteiger partial charge in [-0.2, -0.15) is 0 Å². The lowest BCUT2D eigenvalue weighted by atomic mass is 9.43. The number of ether oxygens (including phenoxy) is 13. The van der Waals surface area contributed by atoms with E-state index in [0.29, 0.717) is 37.7 Å². The first-order chi connectivity index (χ1) is 39.4. The smallest absolute Gasteiger partial charge is 0.338 e. The number of aliphatic hydroxyl groups excluding tert-OH is 6. The summed E-state index contributed by atoms with van der Waals surface area (Å²) in [6.45, 7) is 11.9.